The fourth-order valence-electron chi connectivity index (χ4n) is 5.21. The maximum Gasteiger partial charge on any atom is 0.261 e. The van der Waals surface area contributed by atoms with Crippen molar-refractivity contribution in [3.05, 3.63) is 100 Å². The quantitative estimate of drug-likeness (QED) is 0.358. The van der Waals surface area contributed by atoms with Gasteiger partial charge in [0.25, 0.3) is 10.0 Å². The number of hydrogen-bond donors (Lipinski definition) is 2. The average molecular weight is 507 g/mol. The Hall–Kier alpha value is -2.76. The van der Waals surface area contributed by atoms with E-state index in [1.807, 2.05) is 19.1 Å². The van der Waals surface area contributed by atoms with E-state index < -0.39 is 10.0 Å². The lowest BCUT2D eigenvalue weighted by atomic mass is 9.76. The van der Waals surface area contributed by atoms with Crippen molar-refractivity contribution in [1.82, 2.24) is 0 Å². The second-order valence-corrected chi connectivity index (χ2v) is 12.8. The normalized spacial score (nSPS) is 21.2. The molecule has 0 aromatic heterocycles. The van der Waals surface area contributed by atoms with Crippen molar-refractivity contribution in [3.8, 4) is 0 Å². The summed E-state index contributed by atoms with van der Waals surface area (Å²) in [4.78, 5) is 0.263. The highest BCUT2D eigenvalue weighted by molar-refractivity contribution is 7.92. The number of benzene rings is 3. The molecule has 3 aromatic rings. The first-order chi connectivity index (χ1) is 16.5. The highest BCUT2D eigenvalue weighted by atomic mass is 35.5. The number of nitrogens with one attached hydrogen (secondary N) is 2. The Labute approximate surface area is 213 Å². The van der Waals surface area contributed by atoms with Crippen molar-refractivity contribution in [1.29, 1.82) is 0 Å². The van der Waals surface area contributed by atoms with Crippen LogP contribution in [-0.4, -0.2) is 8.42 Å². The Morgan fingerprint density at radius 3 is 2.43 bits per heavy atom. The second-order valence-electron chi connectivity index (χ2n) is 10.7. The topological polar surface area (TPSA) is 58.2 Å². The van der Waals surface area contributed by atoms with Crippen LogP contribution in [0.4, 0.5) is 11.4 Å². The first-order valence-corrected chi connectivity index (χ1v) is 13.9. The van der Waals surface area contributed by atoms with Gasteiger partial charge in [0.15, 0.2) is 0 Å². The number of aryl methyl sites for hydroxylation is 1. The van der Waals surface area contributed by atoms with E-state index in [0.717, 1.165) is 23.2 Å². The predicted molar refractivity (Wildman–Crippen MR) is 145 cm³/mol. The van der Waals surface area contributed by atoms with Crippen molar-refractivity contribution >= 4 is 33.0 Å². The van der Waals surface area contributed by atoms with Crippen LogP contribution in [0.5, 0.6) is 0 Å². The number of allylic oxidation sites excluding steroid dienone is 2. The van der Waals surface area contributed by atoms with Gasteiger partial charge < -0.3 is 5.32 Å². The summed E-state index contributed by atoms with van der Waals surface area (Å²) in [6.45, 7) is 8.51. The summed E-state index contributed by atoms with van der Waals surface area (Å²) in [6, 6.07) is 19.6. The number of anilines is 2. The lowest BCUT2D eigenvalue weighted by molar-refractivity contribution is 0.425. The van der Waals surface area contributed by atoms with Gasteiger partial charge >= 0.3 is 0 Å². The predicted octanol–water partition coefficient (Wildman–Crippen LogP) is 7.57. The summed E-state index contributed by atoms with van der Waals surface area (Å²) >= 11 is 6.03. The Morgan fingerprint density at radius 1 is 1.00 bits per heavy atom. The largest absolute Gasteiger partial charge is 0.378 e. The van der Waals surface area contributed by atoms with E-state index in [-0.39, 0.29) is 22.3 Å². The molecule has 0 unspecified atom stereocenters. The van der Waals surface area contributed by atoms with Gasteiger partial charge in [0.1, 0.15) is 0 Å². The number of hydrogen-bond acceptors (Lipinski definition) is 3. The lowest BCUT2D eigenvalue weighted by Crippen LogP contribution is -2.29. The summed E-state index contributed by atoms with van der Waals surface area (Å²) in [5.74, 6) is 0.512. The van der Waals surface area contributed by atoms with E-state index >= 15 is 0 Å². The van der Waals surface area contributed by atoms with Crippen molar-refractivity contribution in [2.75, 3.05) is 10.0 Å². The molecular weight excluding hydrogens is 476 g/mol. The van der Waals surface area contributed by atoms with Gasteiger partial charge in [-0.15, -0.1) is 0 Å². The molecule has 0 bridgehead atoms. The molecule has 1 aliphatic carbocycles. The molecule has 0 fully saturated rings. The Balaban J connectivity index is 1.46. The monoisotopic (exact) mass is 506 g/mol. The maximum atomic E-state index is 13.2. The van der Waals surface area contributed by atoms with Crippen molar-refractivity contribution in [2.24, 2.45) is 5.92 Å². The number of halogens is 1. The van der Waals surface area contributed by atoms with E-state index in [2.05, 4.69) is 67.2 Å². The van der Waals surface area contributed by atoms with E-state index in [0.29, 0.717) is 16.6 Å². The standard InChI is InChI=1S/C29H31ClN2O2S/c1-18-16-21(30)12-14-26(18)32-35(33,34)22-13-15-27-25(17-22)23-6-5-7-24(23)28(31-27)19-8-10-20(11-9-19)29(2,3)4/h5-6,8-17,23-24,28,31-32H,7H2,1-4H3/t23-,24+,28+/m0/s1. The van der Waals surface area contributed by atoms with Crippen LogP contribution >= 0.6 is 11.6 Å². The minimum atomic E-state index is -3.74. The molecule has 0 spiro atoms. The van der Waals surface area contributed by atoms with Gasteiger partial charge in [0, 0.05) is 16.6 Å². The Bertz CT molecular complexity index is 1410. The minimum Gasteiger partial charge on any atom is -0.378 e. The van der Waals surface area contributed by atoms with Gasteiger partial charge in [-0.2, -0.15) is 0 Å². The smallest absolute Gasteiger partial charge is 0.261 e. The third-order valence-corrected chi connectivity index (χ3v) is 8.81. The first kappa shape index (κ1) is 24.0. The number of rotatable bonds is 4. The van der Waals surface area contributed by atoms with E-state index in [1.165, 1.54) is 11.1 Å². The van der Waals surface area contributed by atoms with Crippen LogP contribution in [0, 0.1) is 12.8 Å². The summed E-state index contributed by atoms with van der Waals surface area (Å²) in [6.07, 6.45) is 5.41. The highest BCUT2D eigenvalue weighted by Crippen LogP contribution is 2.50. The second kappa shape index (κ2) is 8.72. The van der Waals surface area contributed by atoms with Gasteiger partial charge in [0.2, 0.25) is 0 Å². The summed E-state index contributed by atoms with van der Waals surface area (Å²) in [5.41, 5.74) is 6.02. The third kappa shape index (κ3) is 4.60. The van der Waals surface area contributed by atoms with Crippen LogP contribution in [0.2, 0.25) is 5.02 Å². The highest BCUT2D eigenvalue weighted by Gasteiger charge is 2.38. The molecule has 0 saturated heterocycles. The molecule has 2 N–H and O–H groups in total. The molecule has 4 nitrogen and oxygen atoms in total. The molecule has 3 aromatic carbocycles. The van der Waals surface area contributed by atoms with Crippen LogP contribution in [0.1, 0.15) is 61.4 Å². The summed E-state index contributed by atoms with van der Waals surface area (Å²) in [7, 11) is -3.74. The zero-order valence-electron chi connectivity index (χ0n) is 20.5. The summed E-state index contributed by atoms with van der Waals surface area (Å²) in [5, 5.41) is 4.29. The Morgan fingerprint density at radius 2 is 1.74 bits per heavy atom. The molecule has 1 heterocycles. The van der Waals surface area contributed by atoms with Crippen molar-refractivity contribution < 1.29 is 8.42 Å². The van der Waals surface area contributed by atoms with Crippen LogP contribution in [0.25, 0.3) is 0 Å². The number of fused-ring (bicyclic) bond motifs is 3. The zero-order valence-corrected chi connectivity index (χ0v) is 22.0. The molecule has 5 rings (SSSR count). The lowest BCUT2D eigenvalue weighted by Gasteiger charge is -2.38. The van der Waals surface area contributed by atoms with Gasteiger partial charge in [0.05, 0.1) is 16.6 Å². The van der Waals surface area contributed by atoms with Gasteiger partial charge in [-0.1, -0.05) is 68.8 Å². The maximum absolute atomic E-state index is 13.2. The van der Waals surface area contributed by atoms with Crippen LogP contribution in [0.15, 0.2) is 77.7 Å². The van der Waals surface area contributed by atoms with Crippen LogP contribution in [0.3, 0.4) is 0 Å². The zero-order chi connectivity index (χ0) is 25.0. The van der Waals surface area contributed by atoms with Crippen LogP contribution < -0.4 is 10.0 Å². The SMILES string of the molecule is Cc1cc(Cl)ccc1NS(=O)(=O)c1ccc2c(c1)[C@H]1C=CC[C@H]1[C@@H](c1ccc(C(C)(C)C)cc1)N2. The molecular formula is C29H31ClN2O2S. The molecule has 6 heteroatoms. The fourth-order valence-corrected chi connectivity index (χ4v) is 6.60. The molecule has 0 amide bonds. The summed E-state index contributed by atoms with van der Waals surface area (Å²) < 4.78 is 29.2. The van der Waals surface area contributed by atoms with Gasteiger partial charge in [-0.25, -0.2) is 8.42 Å². The van der Waals surface area contributed by atoms with Gasteiger partial charge in [-0.3, -0.25) is 4.72 Å². The molecule has 1 aliphatic heterocycles. The molecule has 3 atom stereocenters. The Kier molecular flexibility index (Phi) is 5.97. The molecule has 0 saturated carbocycles. The van der Waals surface area contributed by atoms with E-state index in [9.17, 15) is 8.42 Å². The molecule has 0 radical (unpaired) electrons. The fraction of sp³-hybridized carbons (Fsp3) is 0.310. The average Bonchev–Trinajstić information content (AvgIpc) is 3.30. The van der Waals surface area contributed by atoms with Crippen molar-refractivity contribution in [2.45, 2.75) is 56.4 Å². The third-order valence-electron chi connectivity index (χ3n) is 7.21. The molecule has 35 heavy (non-hydrogen) atoms. The number of sulfonamides is 1. The van der Waals surface area contributed by atoms with E-state index in [4.69, 9.17) is 11.6 Å². The molecule has 182 valence electrons. The molecule has 2 aliphatic rings. The van der Waals surface area contributed by atoms with Crippen molar-refractivity contribution in [3.63, 3.8) is 0 Å². The van der Waals surface area contributed by atoms with E-state index in [1.54, 1.807) is 24.3 Å². The minimum absolute atomic E-state index is 0.114. The first-order valence-electron chi connectivity index (χ1n) is 12.0. The van der Waals surface area contributed by atoms with Crippen LogP contribution in [-0.2, 0) is 15.4 Å². The van der Waals surface area contributed by atoms with Gasteiger partial charge in [-0.05, 0) is 83.3 Å².